The first kappa shape index (κ1) is 72.4. The van der Waals surface area contributed by atoms with E-state index >= 15 is 0 Å². The first-order valence-electron chi connectivity index (χ1n) is 32.3. The van der Waals surface area contributed by atoms with Crippen LogP contribution < -0.4 is 5.32 Å². The van der Waals surface area contributed by atoms with Gasteiger partial charge in [-0.1, -0.05) is 279 Å². The van der Waals surface area contributed by atoms with Crippen LogP contribution in [0.1, 0.15) is 284 Å². The van der Waals surface area contributed by atoms with Crippen LogP contribution in [0.4, 0.5) is 0 Å². The monoisotopic (exact) mass is 1080 g/mol. The average molecular weight is 1080 g/mol. The van der Waals surface area contributed by atoms with Crippen molar-refractivity contribution < 1.29 is 39.8 Å². The highest BCUT2D eigenvalue weighted by atomic mass is 16.7. The zero-order chi connectivity index (χ0) is 55.8. The second-order valence-corrected chi connectivity index (χ2v) is 22.2. The van der Waals surface area contributed by atoms with E-state index in [1.165, 1.54) is 193 Å². The van der Waals surface area contributed by atoms with Crippen LogP contribution in [-0.2, 0) is 14.3 Å². The van der Waals surface area contributed by atoms with Gasteiger partial charge in [0.2, 0.25) is 5.91 Å². The van der Waals surface area contributed by atoms with E-state index in [2.05, 4.69) is 92.1 Å². The molecule has 9 heteroatoms. The lowest BCUT2D eigenvalue weighted by atomic mass is 9.99. The molecule has 1 aliphatic heterocycles. The average Bonchev–Trinajstić information content (AvgIpc) is 3.43. The number of aliphatic hydroxyl groups is 5. The Morgan fingerprint density at radius 1 is 0.455 bits per heavy atom. The molecule has 1 amide bonds. The molecule has 7 unspecified atom stereocenters. The molecule has 0 radical (unpaired) electrons. The molecule has 0 bridgehead atoms. The normalized spacial score (nSPS) is 19.3. The summed E-state index contributed by atoms with van der Waals surface area (Å²) in [6.45, 7) is 3.66. The van der Waals surface area contributed by atoms with Crippen molar-refractivity contribution >= 4 is 5.91 Å². The SMILES string of the molecule is CC/C=C\C/C=C\C/C=C\C/C=C\CCCCCCCCCCCCCCCCCCCCCCCCC(=O)NC(COC1OC(CO)C(O)C(O)C1O)C(O)/C=C/CC/C=C/CC/C=C/CCCCCCCCCCC. The van der Waals surface area contributed by atoms with E-state index in [0.717, 1.165) is 70.6 Å². The molecular weight excluding hydrogens is 959 g/mol. The summed E-state index contributed by atoms with van der Waals surface area (Å²) in [6.07, 6.45) is 73.9. The van der Waals surface area contributed by atoms with Crippen LogP contribution in [0.5, 0.6) is 0 Å². The Morgan fingerprint density at radius 3 is 1.25 bits per heavy atom. The minimum atomic E-state index is -1.58. The van der Waals surface area contributed by atoms with Gasteiger partial charge in [-0.2, -0.15) is 0 Å². The number of allylic oxidation sites excluding steroid dienone is 13. The van der Waals surface area contributed by atoms with Crippen LogP contribution in [0, 0.1) is 0 Å². The lowest BCUT2D eigenvalue weighted by Crippen LogP contribution is -2.60. The zero-order valence-electron chi connectivity index (χ0n) is 49.7. The van der Waals surface area contributed by atoms with E-state index in [-0.39, 0.29) is 12.5 Å². The van der Waals surface area contributed by atoms with Gasteiger partial charge in [0.05, 0.1) is 25.4 Å². The van der Waals surface area contributed by atoms with E-state index in [0.29, 0.717) is 6.42 Å². The predicted octanol–water partition coefficient (Wildman–Crippen LogP) is 17.0. The highest BCUT2D eigenvalue weighted by Crippen LogP contribution is 2.23. The number of rotatable bonds is 55. The number of carbonyl (C=O) groups excluding carboxylic acids is 1. The lowest BCUT2D eigenvalue weighted by Gasteiger charge is -2.40. The predicted molar refractivity (Wildman–Crippen MR) is 327 cm³/mol. The molecule has 9 nitrogen and oxygen atoms in total. The van der Waals surface area contributed by atoms with Gasteiger partial charge in [-0.25, -0.2) is 0 Å². The maximum absolute atomic E-state index is 13.1. The summed E-state index contributed by atoms with van der Waals surface area (Å²) in [6, 6.07) is -0.831. The van der Waals surface area contributed by atoms with Gasteiger partial charge in [-0.05, 0) is 83.5 Å². The summed E-state index contributed by atoms with van der Waals surface area (Å²) in [5, 5.41) is 54.6. The number of ether oxygens (including phenoxy) is 2. The smallest absolute Gasteiger partial charge is 0.220 e. The van der Waals surface area contributed by atoms with Gasteiger partial charge >= 0.3 is 0 Å². The minimum absolute atomic E-state index is 0.189. The number of amides is 1. The van der Waals surface area contributed by atoms with Crippen molar-refractivity contribution in [1.82, 2.24) is 5.32 Å². The van der Waals surface area contributed by atoms with Gasteiger partial charge in [0.1, 0.15) is 24.4 Å². The first-order chi connectivity index (χ1) is 37.8. The van der Waals surface area contributed by atoms with Crippen LogP contribution in [0.25, 0.3) is 0 Å². The maximum atomic E-state index is 13.1. The number of aliphatic hydroxyl groups excluding tert-OH is 5. The van der Waals surface area contributed by atoms with Gasteiger partial charge < -0.3 is 40.3 Å². The molecule has 0 saturated carbocycles. The number of hydrogen-bond acceptors (Lipinski definition) is 8. The third kappa shape index (κ3) is 45.8. The summed E-state index contributed by atoms with van der Waals surface area (Å²) in [5.41, 5.74) is 0. The van der Waals surface area contributed by atoms with Crippen molar-refractivity contribution in [2.45, 2.75) is 326 Å². The Labute approximate surface area is 473 Å². The van der Waals surface area contributed by atoms with Crippen LogP contribution in [0.3, 0.4) is 0 Å². The van der Waals surface area contributed by atoms with Crippen LogP contribution >= 0.6 is 0 Å². The molecule has 7 atom stereocenters. The molecule has 1 rings (SSSR count). The third-order valence-electron chi connectivity index (χ3n) is 14.9. The number of carbonyl (C=O) groups is 1. The molecule has 6 N–H and O–H groups in total. The Bertz CT molecular complexity index is 1490. The second kappa shape index (κ2) is 56.6. The third-order valence-corrected chi connectivity index (χ3v) is 14.9. The van der Waals surface area contributed by atoms with E-state index < -0.39 is 49.5 Å². The molecule has 446 valence electrons. The van der Waals surface area contributed by atoms with E-state index in [1.54, 1.807) is 6.08 Å². The van der Waals surface area contributed by atoms with Crippen molar-refractivity contribution in [2.24, 2.45) is 0 Å². The summed E-state index contributed by atoms with van der Waals surface area (Å²) in [4.78, 5) is 13.1. The molecular formula is C68H121NO8. The van der Waals surface area contributed by atoms with E-state index in [4.69, 9.17) is 9.47 Å². The van der Waals surface area contributed by atoms with Gasteiger partial charge in [0, 0.05) is 6.42 Å². The molecule has 0 aromatic heterocycles. The molecule has 0 aliphatic carbocycles. The van der Waals surface area contributed by atoms with Gasteiger partial charge in [0.15, 0.2) is 6.29 Å². The van der Waals surface area contributed by atoms with E-state index in [1.807, 2.05) is 6.08 Å². The first-order valence-corrected chi connectivity index (χ1v) is 32.3. The Kier molecular flexibility index (Phi) is 53.2. The number of unbranched alkanes of at least 4 members (excludes halogenated alkanes) is 33. The fraction of sp³-hybridized carbons (Fsp3) is 0.779. The van der Waals surface area contributed by atoms with Crippen molar-refractivity contribution in [3.63, 3.8) is 0 Å². The maximum Gasteiger partial charge on any atom is 0.220 e. The largest absolute Gasteiger partial charge is 0.394 e. The second-order valence-electron chi connectivity index (χ2n) is 22.2. The fourth-order valence-electron chi connectivity index (χ4n) is 9.89. The van der Waals surface area contributed by atoms with Crippen LogP contribution in [0.2, 0.25) is 0 Å². The molecule has 0 aromatic carbocycles. The number of hydrogen-bond donors (Lipinski definition) is 6. The quantitative estimate of drug-likeness (QED) is 0.0261. The Morgan fingerprint density at radius 2 is 0.818 bits per heavy atom. The highest BCUT2D eigenvalue weighted by molar-refractivity contribution is 5.76. The fourth-order valence-corrected chi connectivity index (χ4v) is 9.89. The summed E-state index contributed by atoms with van der Waals surface area (Å²) in [5.74, 6) is -0.189. The molecule has 1 heterocycles. The van der Waals surface area contributed by atoms with Crippen molar-refractivity contribution in [2.75, 3.05) is 13.2 Å². The minimum Gasteiger partial charge on any atom is -0.394 e. The number of nitrogens with one attached hydrogen (secondary N) is 1. The zero-order valence-corrected chi connectivity index (χ0v) is 49.7. The van der Waals surface area contributed by atoms with Crippen LogP contribution in [0.15, 0.2) is 85.1 Å². The Balaban J connectivity index is 2.13. The summed E-state index contributed by atoms with van der Waals surface area (Å²) in [7, 11) is 0. The molecule has 0 aromatic rings. The van der Waals surface area contributed by atoms with E-state index in [9.17, 15) is 30.3 Å². The van der Waals surface area contributed by atoms with Crippen molar-refractivity contribution in [1.29, 1.82) is 0 Å². The summed E-state index contributed by atoms with van der Waals surface area (Å²) >= 11 is 0. The van der Waals surface area contributed by atoms with Gasteiger partial charge in [-0.15, -0.1) is 0 Å². The lowest BCUT2D eigenvalue weighted by molar-refractivity contribution is -0.302. The Hall–Kier alpha value is -2.63. The topological polar surface area (TPSA) is 149 Å². The highest BCUT2D eigenvalue weighted by Gasteiger charge is 2.44. The summed E-state index contributed by atoms with van der Waals surface area (Å²) < 4.78 is 11.3. The van der Waals surface area contributed by atoms with Crippen molar-refractivity contribution in [3.8, 4) is 0 Å². The molecule has 1 fully saturated rings. The molecule has 77 heavy (non-hydrogen) atoms. The van der Waals surface area contributed by atoms with Crippen molar-refractivity contribution in [3.05, 3.63) is 85.1 Å². The van der Waals surface area contributed by atoms with Gasteiger partial charge in [0.25, 0.3) is 0 Å². The molecule has 1 saturated heterocycles. The standard InChI is InChI=1S/C68H121NO8/c1-3-5-7-9-11-13-15-17-19-21-23-24-25-26-27-28-29-30-31-32-33-34-35-36-37-38-40-42-44-46-48-50-52-54-56-58-64(72)69-61(60-76-68-67(75)66(74)65(73)63(59-70)77-68)62(71)57-55-53-51-49-47-45-43-41-39-22-20-18-16-14-12-10-8-6-4-2/h5,7,11,13,17,19,23-24,39,41,47,49,55,57,61-63,65-68,70-71,73-75H,3-4,6,8-10,12,14-16,18,20-22,25-38,40,42-46,48,50-54,56,58-60H2,1-2H3,(H,69,72)/b7-5-,13-11-,19-17-,24-23-,41-39+,49-47+,57-55+. The molecule has 1 aliphatic rings. The van der Waals surface area contributed by atoms with Gasteiger partial charge in [-0.3, -0.25) is 4.79 Å². The van der Waals surface area contributed by atoms with Crippen LogP contribution in [-0.4, -0.2) is 87.5 Å². The molecule has 0 spiro atoms.